The lowest BCUT2D eigenvalue weighted by Crippen LogP contribution is -2.54. The summed E-state index contributed by atoms with van der Waals surface area (Å²) in [7, 11) is -4.05. The Balaban J connectivity index is 1.39. The molecule has 0 aromatic heterocycles. The molecule has 7 atom stereocenters. The van der Waals surface area contributed by atoms with Gasteiger partial charge in [0.05, 0.1) is 30.2 Å². The lowest BCUT2D eigenvalue weighted by Gasteiger charge is -2.41. The molecule has 7 unspecified atom stereocenters. The minimum Gasteiger partial charge on any atom is -0.413 e. The van der Waals surface area contributed by atoms with Crippen molar-refractivity contribution in [3.05, 3.63) is 54.3 Å². The number of Topliss-reactive ketones (excluding diaryl/α,β-unsaturated/α-hetero) is 1. The Morgan fingerprint density at radius 3 is 2.85 bits per heavy atom. The number of aliphatic hydroxyl groups is 1. The van der Waals surface area contributed by atoms with Crippen LogP contribution in [-0.2, 0) is 18.6 Å². The van der Waals surface area contributed by atoms with Crippen molar-refractivity contribution in [1.29, 1.82) is 5.26 Å². The fourth-order valence-corrected chi connectivity index (χ4v) is 7.64. The third kappa shape index (κ3) is 4.88. The number of rotatable bonds is 8. The quantitative estimate of drug-likeness (QED) is 0.480. The predicted molar refractivity (Wildman–Crippen MR) is 144 cm³/mol. The van der Waals surface area contributed by atoms with E-state index in [0.29, 0.717) is 25.1 Å². The second-order valence-electron chi connectivity index (χ2n) is 10.1. The zero-order chi connectivity index (χ0) is 27.8. The molecule has 206 valence electrons. The van der Waals surface area contributed by atoms with E-state index in [9.17, 15) is 19.7 Å². The van der Waals surface area contributed by atoms with E-state index in [2.05, 4.69) is 16.2 Å². The number of allylic oxidation sites excluding steroid dienone is 3. The molecule has 4 aliphatic heterocycles. The third-order valence-corrected chi connectivity index (χ3v) is 9.79. The average Bonchev–Trinajstić information content (AvgIpc) is 3.53. The zero-order valence-corrected chi connectivity index (χ0v) is 23.0. The zero-order valence-electron chi connectivity index (χ0n) is 22.1. The molecule has 0 radical (unpaired) electrons. The van der Waals surface area contributed by atoms with E-state index in [1.54, 1.807) is 48.3 Å². The van der Waals surface area contributed by atoms with Gasteiger partial charge in [0.1, 0.15) is 36.1 Å². The van der Waals surface area contributed by atoms with Crippen LogP contribution in [-0.4, -0.2) is 75.7 Å². The van der Waals surface area contributed by atoms with Crippen molar-refractivity contribution < 1.29 is 28.3 Å². The van der Waals surface area contributed by atoms with Gasteiger partial charge in [-0.3, -0.25) is 14.3 Å². The molecule has 1 aromatic carbocycles. The highest BCUT2D eigenvalue weighted by molar-refractivity contribution is 7.51. The van der Waals surface area contributed by atoms with Crippen LogP contribution in [0, 0.1) is 17.2 Å². The van der Waals surface area contributed by atoms with Gasteiger partial charge in [-0.05, 0) is 44.9 Å². The Morgan fingerprint density at radius 1 is 1.36 bits per heavy atom. The number of carbonyl (C=O) groups is 1. The van der Waals surface area contributed by atoms with E-state index in [0.717, 1.165) is 11.4 Å². The Kier molecular flexibility index (Phi) is 7.60. The number of fused-ring (bicyclic) bond motifs is 1. The number of hydrazone groups is 1. The molecule has 5 rings (SSSR count). The average molecular weight is 554 g/mol. The van der Waals surface area contributed by atoms with E-state index in [-0.39, 0.29) is 12.4 Å². The summed E-state index contributed by atoms with van der Waals surface area (Å²) < 4.78 is 33.9. The first-order valence-corrected chi connectivity index (χ1v) is 14.5. The molecule has 2 saturated heterocycles. The van der Waals surface area contributed by atoms with Gasteiger partial charge in [-0.25, -0.2) is 9.56 Å². The van der Waals surface area contributed by atoms with Crippen LogP contribution in [0.25, 0.3) is 0 Å². The number of ether oxygens (including phenoxy) is 1. The molecule has 0 bridgehead atoms. The van der Waals surface area contributed by atoms with Crippen molar-refractivity contribution in [3.63, 3.8) is 0 Å². The van der Waals surface area contributed by atoms with Gasteiger partial charge >= 0.3 is 7.75 Å². The SMILES string of the molecule is CC(=O)C1CCCN1P(=O)(OCC1OC(C#N)(C2C=CC=C3C(C)=NC=NN32)C(C)C1O)Oc1ccccc1. The molecule has 11 nitrogen and oxygen atoms in total. The maximum atomic E-state index is 14.3. The summed E-state index contributed by atoms with van der Waals surface area (Å²) in [5.74, 6) is -0.448. The lowest BCUT2D eigenvalue weighted by molar-refractivity contribution is -0.120. The number of ketones is 1. The molecule has 0 saturated carbocycles. The van der Waals surface area contributed by atoms with Crippen LogP contribution in [0.3, 0.4) is 0 Å². The van der Waals surface area contributed by atoms with Gasteiger partial charge in [0.2, 0.25) is 0 Å². The number of hydrogen-bond acceptors (Lipinski definition) is 10. The Morgan fingerprint density at radius 2 is 2.13 bits per heavy atom. The first kappa shape index (κ1) is 27.4. The highest BCUT2D eigenvalue weighted by atomic mass is 31.2. The fourth-order valence-electron chi connectivity index (χ4n) is 5.60. The predicted octanol–water partition coefficient (Wildman–Crippen LogP) is 3.44. The van der Waals surface area contributed by atoms with Crippen molar-refractivity contribution in [2.45, 2.75) is 63.5 Å². The van der Waals surface area contributed by atoms with Gasteiger partial charge in [0, 0.05) is 12.5 Å². The summed E-state index contributed by atoms with van der Waals surface area (Å²) in [4.78, 5) is 16.6. The van der Waals surface area contributed by atoms with Crippen LogP contribution >= 0.6 is 7.75 Å². The van der Waals surface area contributed by atoms with Gasteiger partial charge in [-0.1, -0.05) is 37.3 Å². The largest absolute Gasteiger partial charge is 0.462 e. The minimum atomic E-state index is -4.05. The second kappa shape index (κ2) is 10.8. The number of aliphatic hydroxyl groups excluding tert-OH is 1. The number of aliphatic imine (C=N–C) groups is 1. The van der Waals surface area contributed by atoms with Gasteiger partial charge < -0.3 is 14.4 Å². The molecule has 0 spiro atoms. The number of benzene rings is 1. The summed E-state index contributed by atoms with van der Waals surface area (Å²) in [6, 6.07) is 9.65. The van der Waals surface area contributed by atoms with Crippen molar-refractivity contribution >= 4 is 25.6 Å². The Bertz CT molecular complexity index is 1320. The maximum Gasteiger partial charge on any atom is 0.462 e. The minimum absolute atomic E-state index is 0.129. The van der Waals surface area contributed by atoms with Gasteiger partial charge in [0.25, 0.3) is 0 Å². The van der Waals surface area contributed by atoms with Crippen molar-refractivity contribution in [3.8, 4) is 11.8 Å². The van der Waals surface area contributed by atoms with E-state index in [1.165, 1.54) is 17.9 Å². The van der Waals surface area contributed by atoms with Crippen LogP contribution in [0.15, 0.2) is 64.4 Å². The third-order valence-electron chi connectivity index (χ3n) is 7.76. The first-order valence-electron chi connectivity index (χ1n) is 13.0. The second-order valence-corrected chi connectivity index (χ2v) is 12.0. The molecule has 2 fully saturated rings. The number of hydrogen-bond donors (Lipinski definition) is 1. The van der Waals surface area contributed by atoms with Gasteiger partial charge in [0.15, 0.2) is 5.60 Å². The molecule has 4 heterocycles. The van der Waals surface area contributed by atoms with Crippen LogP contribution in [0.4, 0.5) is 0 Å². The molecular formula is C27H32N5O6P. The lowest BCUT2D eigenvalue weighted by atomic mass is 9.80. The van der Waals surface area contributed by atoms with Crippen LogP contribution in [0.5, 0.6) is 5.75 Å². The summed E-state index contributed by atoms with van der Waals surface area (Å²) >= 11 is 0. The van der Waals surface area contributed by atoms with Crippen molar-refractivity contribution in [2.24, 2.45) is 16.0 Å². The normalized spacial score (nSPS) is 33.6. The molecular weight excluding hydrogens is 521 g/mol. The Labute approximate surface area is 227 Å². The fraction of sp³-hybridized carbons (Fsp3) is 0.481. The topological polar surface area (TPSA) is 137 Å². The van der Waals surface area contributed by atoms with Crippen LogP contribution in [0.1, 0.15) is 33.6 Å². The molecule has 39 heavy (non-hydrogen) atoms. The number of carbonyl (C=O) groups excluding carboxylic acids is 1. The summed E-state index contributed by atoms with van der Waals surface area (Å²) in [5, 5.41) is 27.7. The molecule has 0 aliphatic carbocycles. The molecule has 4 aliphatic rings. The highest BCUT2D eigenvalue weighted by Gasteiger charge is 2.59. The van der Waals surface area contributed by atoms with Crippen molar-refractivity contribution in [2.75, 3.05) is 13.2 Å². The van der Waals surface area contributed by atoms with Crippen LogP contribution < -0.4 is 4.52 Å². The number of nitriles is 1. The highest BCUT2D eigenvalue weighted by Crippen LogP contribution is 2.56. The summed E-state index contributed by atoms with van der Waals surface area (Å²) in [6.45, 7) is 5.08. The Hall–Kier alpha value is -3.13. The number of nitrogens with zero attached hydrogens (tertiary/aromatic N) is 5. The van der Waals surface area contributed by atoms with Crippen molar-refractivity contribution in [1.82, 2.24) is 9.68 Å². The number of para-hydroxylation sites is 1. The molecule has 1 N–H and O–H groups in total. The molecule has 12 heteroatoms. The summed E-state index contributed by atoms with van der Waals surface area (Å²) in [5.41, 5.74) is -0.0176. The summed E-state index contributed by atoms with van der Waals surface area (Å²) in [6.07, 6.45) is 6.00. The van der Waals surface area contributed by atoms with E-state index < -0.39 is 43.6 Å². The smallest absolute Gasteiger partial charge is 0.413 e. The molecule has 1 aromatic rings. The van der Waals surface area contributed by atoms with E-state index in [1.807, 2.05) is 19.1 Å². The van der Waals surface area contributed by atoms with Crippen LogP contribution in [0.2, 0.25) is 0 Å². The first-order chi connectivity index (χ1) is 18.7. The van der Waals surface area contributed by atoms with Gasteiger partial charge in [-0.2, -0.15) is 15.0 Å². The standard InChI is InChI=1S/C27H32N5O6P/c1-18-26(34)24(37-27(18,16-28)25-13-7-11-22-19(2)29-17-30-32(22)25)15-36-39(35,38-21-9-5-4-6-10-21)31-14-8-12-23(31)20(3)33/h4-7,9-11,13,17-18,23-26,34H,8,12,14-15H2,1-3H3. The monoisotopic (exact) mass is 553 g/mol. The van der Waals surface area contributed by atoms with E-state index in [4.69, 9.17) is 13.8 Å². The molecule has 0 amide bonds. The maximum absolute atomic E-state index is 14.3. The van der Waals surface area contributed by atoms with Gasteiger partial charge in [-0.15, -0.1) is 0 Å². The van der Waals surface area contributed by atoms with E-state index >= 15 is 0 Å².